The van der Waals surface area contributed by atoms with E-state index >= 15 is 0 Å². The molecule has 0 aromatic rings. The summed E-state index contributed by atoms with van der Waals surface area (Å²) < 4.78 is 35.8. The first-order chi connectivity index (χ1) is 9.72. The Hall–Kier alpha value is -1.47. The summed E-state index contributed by atoms with van der Waals surface area (Å²) in [6.45, 7) is 0.144. The summed E-state index contributed by atoms with van der Waals surface area (Å²) in [4.78, 5) is 22.6. The lowest BCUT2D eigenvalue weighted by atomic mass is 9.93. The third kappa shape index (κ3) is 7.19. The average Bonchev–Trinajstić information content (AvgIpc) is 2.74. The fourth-order valence-corrected chi connectivity index (χ4v) is 2.62. The van der Waals surface area contributed by atoms with Gasteiger partial charge in [0.1, 0.15) is 0 Å². The molecule has 0 aromatic carbocycles. The van der Waals surface area contributed by atoms with Crippen molar-refractivity contribution in [3.05, 3.63) is 0 Å². The van der Waals surface area contributed by atoms with Gasteiger partial charge in [-0.05, 0) is 25.7 Å². The number of carbonyl (C=O) groups is 2. The van der Waals surface area contributed by atoms with Gasteiger partial charge in [0.05, 0.1) is 12.0 Å². The Labute approximate surface area is 121 Å². The van der Waals surface area contributed by atoms with Crippen LogP contribution in [0, 0.1) is 0 Å². The number of aliphatic carboxylic acids is 1. The van der Waals surface area contributed by atoms with Crippen molar-refractivity contribution in [1.29, 1.82) is 0 Å². The molecule has 8 heteroatoms. The van der Waals surface area contributed by atoms with Gasteiger partial charge in [0.15, 0.2) is 0 Å². The Morgan fingerprint density at radius 1 is 1.14 bits per heavy atom. The van der Waals surface area contributed by atoms with Crippen LogP contribution in [0.15, 0.2) is 0 Å². The number of carboxylic acid groups (broad SMARTS) is 1. The van der Waals surface area contributed by atoms with Gasteiger partial charge < -0.3 is 15.7 Å². The smallest absolute Gasteiger partial charge is 0.389 e. The molecule has 0 aliphatic heterocycles. The van der Waals surface area contributed by atoms with Gasteiger partial charge in [-0.25, -0.2) is 4.79 Å². The molecule has 0 atom stereocenters. The summed E-state index contributed by atoms with van der Waals surface area (Å²) in [5.41, 5.74) is -0.720. The number of carbonyl (C=O) groups excluding carboxylic acids is 1. The largest absolute Gasteiger partial charge is 0.481 e. The van der Waals surface area contributed by atoms with Crippen LogP contribution >= 0.6 is 0 Å². The number of hydrogen-bond acceptors (Lipinski definition) is 2. The van der Waals surface area contributed by atoms with E-state index in [-0.39, 0.29) is 25.8 Å². The van der Waals surface area contributed by atoms with E-state index in [2.05, 4.69) is 10.6 Å². The Morgan fingerprint density at radius 3 is 2.29 bits per heavy atom. The third-order valence-electron chi connectivity index (χ3n) is 3.60. The maximum absolute atomic E-state index is 11.9. The molecule has 1 rings (SSSR count). The average molecular weight is 310 g/mol. The predicted molar refractivity (Wildman–Crippen MR) is 69.9 cm³/mol. The van der Waals surface area contributed by atoms with Crippen LogP contribution in [-0.4, -0.2) is 35.4 Å². The van der Waals surface area contributed by atoms with Crippen LogP contribution in [0.5, 0.6) is 0 Å². The molecule has 1 aliphatic carbocycles. The molecule has 0 radical (unpaired) electrons. The molecule has 0 aromatic heterocycles. The predicted octanol–water partition coefficient (Wildman–Crippen LogP) is 2.81. The van der Waals surface area contributed by atoms with Crippen LogP contribution < -0.4 is 10.6 Å². The van der Waals surface area contributed by atoms with Crippen LogP contribution in [0.4, 0.5) is 18.0 Å². The second-order valence-corrected chi connectivity index (χ2v) is 5.51. The molecule has 3 N–H and O–H groups in total. The topological polar surface area (TPSA) is 78.4 Å². The zero-order valence-electron chi connectivity index (χ0n) is 11.8. The first-order valence-corrected chi connectivity index (χ1v) is 7.07. The maximum Gasteiger partial charge on any atom is 0.389 e. The zero-order chi connectivity index (χ0) is 15.9. The minimum atomic E-state index is -4.17. The number of urea groups is 1. The first-order valence-electron chi connectivity index (χ1n) is 7.07. The summed E-state index contributed by atoms with van der Waals surface area (Å²) in [5, 5.41) is 14.1. The van der Waals surface area contributed by atoms with E-state index in [4.69, 9.17) is 5.11 Å². The Kier molecular flexibility index (Phi) is 6.29. The number of unbranched alkanes of at least 4 members (excludes halogenated alkanes) is 1. The molecule has 1 fully saturated rings. The van der Waals surface area contributed by atoms with Crippen molar-refractivity contribution in [2.75, 3.05) is 6.54 Å². The minimum Gasteiger partial charge on any atom is -0.481 e. The molecule has 0 heterocycles. The molecular weight excluding hydrogens is 289 g/mol. The number of alkyl halides is 3. The lowest BCUT2D eigenvalue weighted by Gasteiger charge is -2.28. The fraction of sp³-hybridized carbons (Fsp3) is 0.846. The first kappa shape index (κ1) is 17.6. The van der Waals surface area contributed by atoms with Crippen LogP contribution in [0.3, 0.4) is 0 Å². The number of halogens is 3. The van der Waals surface area contributed by atoms with Gasteiger partial charge in [0.25, 0.3) is 0 Å². The van der Waals surface area contributed by atoms with Gasteiger partial charge in [0.2, 0.25) is 0 Å². The van der Waals surface area contributed by atoms with Crippen molar-refractivity contribution in [3.63, 3.8) is 0 Å². The van der Waals surface area contributed by atoms with Gasteiger partial charge in [-0.2, -0.15) is 13.2 Å². The van der Waals surface area contributed by atoms with Crippen molar-refractivity contribution in [2.45, 2.75) is 63.1 Å². The molecule has 1 aliphatic rings. The molecule has 0 saturated heterocycles. The van der Waals surface area contributed by atoms with Crippen LogP contribution in [0.1, 0.15) is 51.4 Å². The maximum atomic E-state index is 11.9. The van der Waals surface area contributed by atoms with E-state index in [9.17, 15) is 22.8 Å². The highest BCUT2D eigenvalue weighted by atomic mass is 19.4. The van der Waals surface area contributed by atoms with E-state index < -0.39 is 30.1 Å². The van der Waals surface area contributed by atoms with Crippen molar-refractivity contribution < 1.29 is 27.9 Å². The van der Waals surface area contributed by atoms with Crippen molar-refractivity contribution >= 4 is 12.0 Å². The van der Waals surface area contributed by atoms with E-state index in [0.717, 1.165) is 12.8 Å². The highest BCUT2D eigenvalue weighted by Gasteiger charge is 2.37. The molecule has 21 heavy (non-hydrogen) atoms. The SMILES string of the molecule is O=C(O)CC1(NC(=O)NCCCCC(F)(F)F)CCCC1. The van der Waals surface area contributed by atoms with Crippen LogP contribution in [0.25, 0.3) is 0 Å². The number of nitrogens with one attached hydrogen (secondary N) is 2. The Balaban J connectivity index is 2.27. The van der Waals surface area contributed by atoms with Crippen LogP contribution in [-0.2, 0) is 4.79 Å². The van der Waals surface area contributed by atoms with E-state index in [1.54, 1.807) is 0 Å². The highest BCUT2D eigenvalue weighted by Crippen LogP contribution is 2.32. The summed E-state index contributed by atoms with van der Waals surface area (Å²) >= 11 is 0. The zero-order valence-corrected chi connectivity index (χ0v) is 11.8. The van der Waals surface area contributed by atoms with Crippen molar-refractivity contribution in [2.24, 2.45) is 0 Å². The summed E-state index contributed by atoms with van der Waals surface area (Å²) in [6.07, 6.45) is -2.02. The minimum absolute atomic E-state index is 0.0377. The van der Waals surface area contributed by atoms with Gasteiger partial charge in [0, 0.05) is 13.0 Å². The fourth-order valence-electron chi connectivity index (χ4n) is 2.62. The standard InChI is InChI=1S/C13H21F3N2O3/c14-13(15,16)7-3-4-8-17-11(21)18-12(9-10(19)20)5-1-2-6-12/h1-9H2,(H,19,20)(H2,17,18,21). The molecule has 122 valence electrons. The number of rotatable bonds is 7. The second kappa shape index (κ2) is 7.51. The number of carboxylic acids is 1. The lowest BCUT2D eigenvalue weighted by Crippen LogP contribution is -2.51. The van der Waals surface area contributed by atoms with Gasteiger partial charge >= 0.3 is 18.2 Å². The Bertz CT molecular complexity index is 366. The second-order valence-electron chi connectivity index (χ2n) is 5.51. The van der Waals surface area contributed by atoms with Gasteiger partial charge in [-0.15, -0.1) is 0 Å². The van der Waals surface area contributed by atoms with E-state index in [1.807, 2.05) is 0 Å². The summed E-state index contributed by atoms with van der Waals surface area (Å²) in [5.74, 6) is -0.970. The number of hydrogen-bond donors (Lipinski definition) is 3. The van der Waals surface area contributed by atoms with Gasteiger partial charge in [-0.3, -0.25) is 4.79 Å². The van der Waals surface area contributed by atoms with Crippen molar-refractivity contribution in [3.8, 4) is 0 Å². The van der Waals surface area contributed by atoms with Crippen LogP contribution in [0.2, 0.25) is 0 Å². The quantitative estimate of drug-likeness (QED) is 0.633. The molecule has 2 amide bonds. The molecule has 5 nitrogen and oxygen atoms in total. The van der Waals surface area contributed by atoms with E-state index in [0.29, 0.717) is 12.8 Å². The molecule has 0 spiro atoms. The highest BCUT2D eigenvalue weighted by molar-refractivity contribution is 5.76. The third-order valence-corrected chi connectivity index (χ3v) is 3.60. The molecule has 0 bridgehead atoms. The molecule has 0 unspecified atom stereocenters. The summed E-state index contributed by atoms with van der Waals surface area (Å²) in [7, 11) is 0. The number of amides is 2. The Morgan fingerprint density at radius 2 is 1.76 bits per heavy atom. The molecular formula is C13H21F3N2O3. The summed E-state index contributed by atoms with van der Waals surface area (Å²) in [6, 6.07) is -0.509. The monoisotopic (exact) mass is 310 g/mol. The molecule has 1 saturated carbocycles. The van der Waals surface area contributed by atoms with Crippen molar-refractivity contribution in [1.82, 2.24) is 10.6 Å². The van der Waals surface area contributed by atoms with Gasteiger partial charge in [-0.1, -0.05) is 12.8 Å². The normalized spacial score (nSPS) is 17.5. The van der Waals surface area contributed by atoms with E-state index in [1.165, 1.54) is 0 Å². The lowest BCUT2D eigenvalue weighted by molar-refractivity contribution is -0.138.